The van der Waals surface area contributed by atoms with Crippen LogP contribution in [0.1, 0.15) is 11.1 Å². The zero-order chi connectivity index (χ0) is 16.8. The Hall–Kier alpha value is -2.78. The van der Waals surface area contributed by atoms with Crippen LogP contribution in [0.5, 0.6) is 11.5 Å². The van der Waals surface area contributed by atoms with E-state index < -0.39 is 0 Å². The zero-order valence-corrected chi connectivity index (χ0v) is 16.5. The first-order valence-electron chi connectivity index (χ1n) is 7.43. The Morgan fingerprint density at radius 1 is 0.560 bits per heavy atom. The minimum Gasteiger partial charge on any atom is -0.871 e. The number of nitrogens with zero attached hydrogens (tertiary/aromatic N) is 2. The molecular weight excluding hydrogens is 366 g/mol. The van der Waals surface area contributed by atoms with Crippen LogP contribution in [-0.2, 0) is 19.5 Å². The van der Waals surface area contributed by atoms with Crippen LogP contribution in [0, 0.1) is 0 Å². The number of hydrogen-bond donors (Lipinski definition) is 0. The van der Waals surface area contributed by atoms with Crippen molar-refractivity contribution in [1.82, 2.24) is 0 Å². The van der Waals surface area contributed by atoms with Crippen molar-refractivity contribution in [3.63, 3.8) is 0 Å². The molecule has 0 aromatic heterocycles. The molecule has 5 heteroatoms. The van der Waals surface area contributed by atoms with Crippen LogP contribution in [-0.4, -0.2) is 12.4 Å². The molecule has 0 N–H and O–H groups in total. The van der Waals surface area contributed by atoms with Gasteiger partial charge in [0.05, 0.1) is 11.4 Å². The number of para-hydroxylation sites is 4. The smallest absolute Gasteiger partial charge is 0.871 e. The van der Waals surface area contributed by atoms with Gasteiger partial charge < -0.3 is 10.2 Å². The molecule has 0 heterocycles. The van der Waals surface area contributed by atoms with Gasteiger partial charge in [-0.05, 0) is 12.1 Å². The maximum atomic E-state index is 11.7. The first kappa shape index (κ1) is 18.6. The fourth-order valence-corrected chi connectivity index (χ4v) is 2.15. The summed E-state index contributed by atoms with van der Waals surface area (Å²) in [6, 6.07) is 20.7. The zero-order valence-electron chi connectivity index (χ0n) is 13.5. The second-order valence-corrected chi connectivity index (χ2v) is 5.08. The number of benzene rings is 3. The van der Waals surface area contributed by atoms with Crippen molar-refractivity contribution in [3.8, 4) is 11.5 Å². The number of rotatable bonds is 4. The maximum absolute atomic E-state index is 11.7. The van der Waals surface area contributed by atoms with Gasteiger partial charge in [0.1, 0.15) is 0 Å². The standard InChI is InChI=1S/C20H16N2O2.Zn/c23-19-11-5-3-9-17(19)21-13-15-7-1-2-8-16(15)14-22-18-10-4-6-12-20(18)24;/h1-14,23-24H;/q;+2/p-2. The Balaban J connectivity index is 0.00000225. The van der Waals surface area contributed by atoms with E-state index in [1.54, 1.807) is 48.8 Å². The van der Waals surface area contributed by atoms with Crippen LogP contribution in [0.4, 0.5) is 11.4 Å². The molecule has 0 amide bonds. The van der Waals surface area contributed by atoms with E-state index in [4.69, 9.17) is 0 Å². The van der Waals surface area contributed by atoms with E-state index in [0.29, 0.717) is 11.4 Å². The molecule has 0 bridgehead atoms. The minimum absolute atomic E-state index is 0. The van der Waals surface area contributed by atoms with Crippen LogP contribution in [0.25, 0.3) is 0 Å². The third-order valence-corrected chi connectivity index (χ3v) is 3.41. The first-order chi connectivity index (χ1) is 11.7. The first-order valence-corrected chi connectivity index (χ1v) is 7.43. The molecule has 3 aromatic carbocycles. The summed E-state index contributed by atoms with van der Waals surface area (Å²) in [5, 5.41) is 23.4. The van der Waals surface area contributed by atoms with Gasteiger partial charge in [-0.1, -0.05) is 72.2 Å². The van der Waals surface area contributed by atoms with E-state index >= 15 is 0 Å². The Bertz CT molecular complexity index is 833. The van der Waals surface area contributed by atoms with Crippen molar-refractivity contribution in [1.29, 1.82) is 0 Å². The summed E-state index contributed by atoms with van der Waals surface area (Å²) in [4.78, 5) is 8.50. The van der Waals surface area contributed by atoms with E-state index in [1.165, 1.54) is 12.1 Å². The Morgan fingerprint density at radius 3 is 1.32 bits per heavy atom. The molecule has 0 aliphatic heterocycles. The van der Waals surface area contributed by atoms with Crippen LogP contribution in [0.3, 0.4) is 0 Å². The summed E-state index contributed by atoms with van der Waals surface area (Å²) in [6.45, 7) is 0. The summed E-state index contributed by atoms with van der Waals surface area (Å²) in [5.41, 5.74) is 2.39. The molecule has 0 atom stereocenters. The molecule has 25 heavy (non-hydrogen) atoms. The monoisotopic (exact) mass is 378 g/mol. The SMILES string of the molecule is [O-]c1ccccc1N=Cc1ccccc1C=Nc1ccccc1[O-].[Zn+2]. The average Bonchev–Trinajstić information content (AvgIpc) is 2.61. The third kappa shape index (κ3) is 4.85. The van der Waals surface area contributed by atoms with Gasteiger partial charge in [0.15, 0.2) is 0 Å². The van der Waals surface area contributed by atoms with E-state index in [0.717, 1.165) is 11.1 Å². The molecule has 4 nitrogen and oxygen atoms in total. The van der Waals surface area contributed by atoms with Crippen molar-refractivity contribution in [2.45, 2.75) is 0 Å². The summed E-state index contributed by atoms with van der Waals surface area (Å²) >= 11 is 0. The van der Waals surface area contributed by atoms with Gasteiger partial charge in [-0.2, -0.15) is 0 Å². The fraction of sp³-hybridized carbons (Fsp3) is 0. The van der Waals surface area contributed by atoms with Crippen LogP contribution in [0.15, 0.2) is 82.8 Å². The third-order valence-electron chi connectivity index (χ3n) is 3.41. The number of aliphatic imine (C=N–C) groups is 2. The van der Waals surface area contributed by atoms with Crippen LogP contribution < -0.4 is 10.2 Å². The maximum Gasteiger partial charge on any atom is 2.00 e. The van der Waals surface area contributed by atoms with Gasteiger partial charge in [0.25, 0.3) is 0 Å². The Morgan fingerprint density at radius 2 is 0.920 bits per heavy atom. The molecular formula is C20H14N2O2Zn. The second-order valence-electron chi connectivity index (χ2n) is 5.08. The van der Waals surface area contributed by atoms with Crippen molar-refractivity contribution >= 4 is 23.8 Å². The average molecular weight is 380 g/mol. The van der Waals surface area contributed by atoms with Crippen molar-refractivity contribution in [3.05, 3.63) is 83.9 Å². The van der Waals surface area contributed by atoms with E-state index in [9.17, 15) is 10.2 Å². The normalized spacial score (nSPS) is 10.9. The van der Waals surface area contributed by atoms with Crippen molar-refractivity contribution < 1.29 is 29.7 Å². The van der Waals surface area contributed by atoms with Crippen LogP contribution in [0.2, 0.25) is 0 Å². The minimum atomic E-state index is -0.125. The summed E-state index contributed by atoms with van der Waals surface area (Å²) < 4.78 is 0. The van der Waals surface area contributed by atoms with E-state index in [2.05, 4.69) is 9.98 Å². The molecule has 0 aliphatic rings. The molecule has 0 saturated heterocycles. The molecule has 0 aliphatic carbocycles. The van der Waals surface area contributed by atoms with Gasteiger partial charge in [0.2, 0.25) is 0 Å². The topological polar surface area (TPSA) is 70.8 Å². The Labute approximate surface area is 159 Å². The van der Waals surface area contributed by atoms with Gasteiger partial charge in [-0.15, -0.1) is 0 Å². The molecule has 0 radical (unpaired) electrons. The predicted molar refractivity (Wildman–Crippen MR) is 92.7 cm³/mol. The van der Waals surface area contributed by atoms with Gasteiger partial charge in [0, 0.05) is 23.6 Å². The summed E-state index contributed by atoms with van der Waals surface area (Å²) in [5.74, 6) is -0.250. The quantitative estimate of drug-likeness (QED) is 0.515. The molecule has 3 rings (SSSR count). The number of hydrogen-bond acceptors (Lipinski definition) is 4. The molecule has 118 valence electrons. The van der Waals surface area contributed by atoms with Gasteiger partial charge in [-0.25, -0.2) is 0 Å². The molecule has 0 saturated carbocycles. The molecule has 0 unspecified atom stereocenters. The Kier molecular flexibility index (Phi) is 6.61. The van der Waals surface area contributed by atoms with E-state index in [-0.39, 0.29) is 31.0 Å². The summed E-state index contributed by atoms with van der Waals surface area (Å²) in [6.07, 6.45) is 3.25. The summed E-state index contributed by atoms with van der Waals surface area (Å²) in [7, 11) is 0. The van der Waals surface area contributed by atoms with Crippen molar-refractivity contribution in [2.75, 3.05) is 0 Å². The molecule has 3 aromatic rings. The van der Waals surface area contributed by atoms with Gasteiger partial charge >= 0.3 is 19.5 Å². The van der Waals surface area contributed by atoms with Crippen molar-refractivity contribution in [2.24, 2.45) is 9.98 Å². The molecule has 0 spiro atoms. The van der Waals surface area contributed by atoms with Gasteiger partial charge in [-0.3, -0.25) is 9.98 Å². The van der Waals surface area contributed by atoms with E-state index in [1.807, 2.05) is 24.3 Å². The largest absolute Gasteiger partial charge is 2.00 e. The predicted octanol–water partition coefficient (Wildman–Crippen LogP) is 3.33. The molecule has 0 fully saturated rings. The second kappa shape index (κ2) is 8.90. The van der Waals surface area contributed by atoms with Crippen LogP contribution >= 0.6 is 0 Å². The fourth-order valence-electron chi connectivity index (χ4n) is 2.15.